The summed E-state index contributed by atoms with van der Waals surface area (Å²) in [5, 5.41) is 6.44. The van der Waals surface area contributed by atoms with Crippen molar-refractivity contribution in [2.24, 2.45) is 0 Å². The maximum atomic E-state index is 11.8. The number of ether oxygens (including phenoxy) is 2. The predicted molar refractivity (Wildman–Crippen MR) is 72.3 cm³/mol. The SMILES string of the molecule is COc1ccc(CC(=O)N[C]n2cccn2)cc1OC. The van der Waals surface area contributed by atoms with Crippen LogP contribution in [0.4, 0.5) is 0 Å². The van der Waals surface area contributed by atoms with E-state index in [1.807, 2.05) is 6.07 Å². The van der Waals surface area contributed by atoms with E-state index in [-0.39, 0.29) is 12.3 Å². The highest BCUT2D eigenvalue weighted by Crippen LogP contribution is 2.27. The van der Waals surface area contributed by atoms with E-state index in [2.05, 4.69) is 17.1 Å². The van der Waals surface area contributed by atoms with Gasteiger partial charge in [0.2, 0.25) is 12.6 Å². The Morgan fingerprint density at radius 3 is 2.80 bits per heavy atom. The van der Waals surface area contributed by atoms with Crippen LogP contribution in [-0.2, 0) is 11.2 Å². The van der Waals surface area contributed by atoms with Crippen LogP contribution < -0.4 is 14.8 Å². The van der Waals surface area contributed by atoms with Gasteiger partial charge < -0.3 is 14.8 Å². The number of aromatic nitrogens is 2. The number of hydrogen-bond acceptors (Lipinski definition) is 4. The van der Waals surface area contributed by atoms with Gasteiger partial charge in [0.25, 0.3) is 0 Å². The third-order valence-electron chi connectivity index (χ3n) is 2.63. The molecule has 0 bridgehead atoms. The Bertz CT molecular complexity index is 567. The third kappa shape index (κ3) is 3.50. The van der Waals surface area contributed by atoms with Gasteiger partial charge >= 0.3 is 0 Å². The van der Waals surface area contributed by atoms with Crippen LogP contribution >= 0.6 is 0 Å². The van der Waals surface area contributed by atoms with Crippen LogP contribution in [0.5, 0.6) is 11.5 Å². The van der Waals surface area contributed by atoms with Gasteiger partial charge in [-0.1, -0.05) is 6.07 Å². The van der Waals surface area contributed by atoms with Crippen molar-refractivity contribution in [2.75, 3.05) is 14.2 Å². The average Bonchev–Trinajstić information content (AvgIpc) is 2.98. The number of rotatable bonds is 6. The number of hydrogen-bond donors (Lipinski definition) is 1. The van der Waals surface area contributed by atoms with E-state index >= 15 is 0 Å². The number of nitrogens with one attached hydrogen (secondary N) is 1. The van der Waals surface area contributed by atoms with Crippen molar-refractivity contribution in [2.45, 2.75) is 6.42 Å². The van der Waals surface area contributed by atoms with E-state index in [9.17, 15) is 4.79 Å². The van der Waals surface area contributed by atoms with Crippen LogP contribution in [0.25, 0.3) is 0 Å². The molecule has 104 valence electrons. The Balaban J connectivity index is 1.93. The number of methoxy groups -OCH3 is 2. The maximum absolute atomic E-state index is 11.8. The molecule has 0 spiro atoms. The molecule has 0 saturated heterocycles. The van der Waals surface area contributed by atoms with Crippen molar-refractivity contribution in [3.05, 3.63) is 48.9 Å². The molecule has 1 N–H and O–H groups in total. The molecule has 6 heteroatoms. The molecule has 0 atom stereocenters. The number of amides is 1. The molecular formula is C14H15N3O3. The minimum Gasteiger partial charge on any atom is -0.493 e. The fourth-order valence-electron chi connectivity index (χ4n) is 1.67. The molecule has 0 aliphatic carbocycles. The topological polar surface area (TPSA) is 65.4 Å². The molecule has 20 heavy (non-hydrogen) atoms. The number of carbonyl (C=O) groups is 1. The zero-order chi connectivity index (χ0) is 14.4. The standard InChI is InChI=1S/C14H15N3O3/c1-19-12-5-4-11(8-13(12)20-2)9-14(18)15-10-17-7-3-6-16-17/h3-8H,9H2,1-2H3,(H,15,18). The lowest BCUT2D eigenvalue weighted by atomic mass is 10.1. The smallest absolute Gasteiger partial charge is 0.230 e. The second-order valence-electron chi connectivity index (χ2n) is 3.98. The summed E-state index contributed by atoms with van der Waals surface area (Å²) >= 11 is 0. The van der Waals surface area contributed by atoms with E-state index in [0.29, 0.717) is 11.5 Å². The number of carbonyl (C=O) groups excluding carboxylic acids is 1. The average molecular weight is 273 g/mol. The summed E-state index contributed by atoms with van der Waals surface area (Å²) in [6.07, 6.45) is 3.50. The highest BCUT2D eigenvalue weighted by molar-refractivity contribution is 5.79. The van der Waals surface area contributed by atoms with Gasteiger partial charge in [0.1, 0.15) is 0 Å². The summed E-state index contributed by atoms with van der Waals surface area (Å²) < 4.78 is 11.7. The molecule has 0 unspecified atom stereocenters. The first-order valence-electron chi connectivity index (χ1n) is 5.98. The number of benzene rings is 1. The molecule has 1 aromatic heterocycles. The zero-order valence-corrected chi connectivity index (χ0v) is 11.3. The molecular weight excluding hydrogens is 258 g/mol. The van der Waals surface area contributed by atoms with Crippen LogP contribution in [-0.4, -0.2) is 29.9 Å². The Labute approximate surface area is 117 Å². The highest BCUT2D eigenvalue weighted by Gasteiger charge is 2.08. The lowest BCUT2D eigenvalue weighted by Gasteiger charge is -2.09. The minimum atomic E-state index is -0.187. The summed E-state index contributed by atoms with van der Waals surface area (Å²) in [7, 11) is 3.12. The number of nitrogens with zero attached hydrogens (tertiary/aromatic N) is 2. The van der Waals surface area contributed by atoms with E-state index < -0.39 is 0 Å². The van der Waals surface area contributed by atoms with Crippen molar-refractivity contribution in [3.8, 4) is 11.5 Å². The second-order valence-corrected chi connectivity index (χ2v) is 3.98. The quantitative estimate of drug-likeness (QED) is 0.801. The van der Waals surface area contributed by atoms with Gasteiger partial charge in [-0.3, -0.25) is 4.79 Å². The molecule has 0 fully saturated rings. The Kier molecular flexibility index (Phi) is 4.60. The minimum absolute atomic E-state index is 0.187. The summed E-state index contributed by atoms with van der Waals surface area (Å²) in [6.45, 7) is 2.65. The molecule has 2 aromatic rings. The van der Waals surface area contributed by atoms with Gasteiger partial charge in [0.15, 0.2) is 11.5 Å². The van der Waals surface area contributed by atoms with E-state index in [0.717, 1.165) is 5.56 Å². The Morgan fingerprint density at radius 1 is 1.35 bits per heavy atom. The van der Waals surface area contributed by atoms with E-state index in [4.69, 9.17) is 9.47 Å². The Hall–Kier alpha value is -2.50. The third-order valence-corrected chi connectivity index (χ3v) is 2.63. The van der Waals surface area contributed by atoms with Crippen LogP contribution in [0.15, 0.2) is 36.7 Å². The summed E-state index contributed by atoms with van der Waals surface area (Å²) in [4.78, 5) is 11.8. The molecule has 0 aliphatic heterocycles. The molecule has 2 rings (SSSR count). The van der Waals surface area contributed by atoms with Crippen LogP contribution in [0.1, 0.15) is 5.56 Å². The first kappa shape index (κ1) is 13.9. The zero-order valence-electron chi connectivity index (χ0n) is 11.3. The summed E-state index contributed by atoms with van der Waals surface area (Å²) in [5.41, 5.74) is 0.822. The van der Waals surface area contributed by atoms with Crippen LogP contribution in [0.2, 0.25) is 0 Å². The molecule has 2 radical (unpaired) electrons. The monoisotopic (exact) mass is 273 g/mol. The fraction of sp³-hybridized carbons (Fsp3) is 0.214. The van der Waals surface area contributed by atoms with Crippen molar-refractivity contribution in [3.63, 3.8) is 0 Å². The molecule has 0 aliphatic rings. The van der Waals surface area contributed by atoms with E-state index in [1.54, 1.807) is 44.8 Å². The lowest BCUT2D eigenvalue weighted by molar-refractivity contribution is -0.119. The second kappa shape index (κ2) is 6.60. The van der Waals surface area contributed by atoms with Gasteiger partial charge in [0, 0.05) is 12.4 Å². The van der Waals surface area contributed by atoms with E-state index in [1.165, 1.54) is 4.68 Å². The Morgan fingerprint density at radius 2 is 2.15 bits per heavy atom. The first-order chi connectivity index (χ1) is 9.72. The lowest BCUT2D eigenvalue weighted by Crippen LogP contribution is -2.25. The largest absolute Gasteiger partial charge is 0.493 e. The summed E-state index contributed by atoms with van der Waals surface area (Å²) in [6, 6.07) is 7.09. The van der Waals surface area contributed by atoms with Gasteiger partial charge in [-0.2, -0.15) is 5.10 Å². The molecule has 0 saturated carbocycles. The molecule has 6 nitrogen and oxygen atoms in total. The van der Waals surface area contributed by atoms with Gasteiger partial charge in [0.05, 0.1) is 20.6 Å². The summed E-state index contributed by atoms with van der Waals surface area (Å²) in [5.74, 6) is 1.04. The van der Waals surface area contributed by atoms with Gasteiger partial charge in [-0.15, -0.1) is 0 Å². The highest BCUT2D eigenvalue weighted by atomic mass is 16.5. The van der Waals surface area contributed by atoms with Gasteiger partial charge in [-0.05, 0) is 23.8 Å². The van der Waals surface area contributed by atoms with Crippen molar-refractivity contribution in [1.82, 2.24) is 15.1 Å². The van der Waals surface area contributed by atoms with Crippen molar-refractivity contribution >= 4 is 5.91 Å². The normalized spacial score (nSPS) is 10.1. The molecule has 1 amide bonds. The predicted octanol–water partition coefficient (Wildman–Crippen LogP) is 1.10. The molecule has 1 heterocycles. The molecule has 1 aromatic carbocycles. The van der Waals surface area contributed by atoms with Crippen LogP contribution in [0, 0.1) is 6.67 Å². The first-order valence-corrected chi connectivity index (χ1v) is 5.98. The van der Waals surface area contributed by atoms with Gasteiger partial charge in [-0.25, -0.2) is 4.68 Å². The van der Waals surface area contributed by atoms with Crippen molar-refractivity contribution in [1.29, 1.82) is 0 Å². The fourth-order valence-corrected chi connectivity index (χ4v) is 1.67. The van der Waals surface area contributed by atoms with Crippen molar-refractivity contribution < 1.29 is 14.3 Å². The van der Waals surface area contributed by atoms with Crippen LogP contribution in [0.3, 0.4) is 0 Å². The maximum Gasteiger partial charge on any atom is 0.230 e.